The van der Waals surface area contributed by atoms with Gasteiger partial charge in [0, 0.05) is 20.9 Å². The monoisotopic (exact) mass is 310 g/mol. The topological polar surface area (TPSA) is 74.6 Å². The average molecular weight is 310 g/mol. The van der Waals surface area contributed by atoms with Crippen molar-refractivity contribution in [3.63, 3.8) is 0 Å². The van der Waals surface area contributed by atoms with Gasteiger partial charge >= 0.3 is 11.9 Å². The Bertz CT molecular complexity index is 660. The van der Waals surface area contributed by atoms with E-state index in [4.69, 9.17) is 0 Å². The van der Waals surface area contributed by atoms with Crippen LogP contribution >= 0.6 is 22.7 Å². The van der Waals surface area contributed by atoms with Crippen LogP contribution in [0.3, 0.4) is 0 Å². The fraction of sp³-hybridized carbons (Fsp3) is 0.286. The quantitative estimate of drug-likeness (QED) is 0.894. The fourth-order valence-electron chi connectivity index (χ4n) is 2.16. The molecule has 0 radical (unpaired) electrons. The van der Waals surface area contributed by atoms with Crippen LogP contribution < -0.4 is 0 Å². The first-order valence-electron chi connectivity index (χ1n) is 5.92. The minimum Gasteiger partial charge on any atom is -0.477 e. The number of carboxylic acid groups (broad SMARTS) is 2. The lowest BCUT2D eigenvalue weighted by Gasteiger charge is -2.05. The van der Waals surface area contributed by atoms with Crippen LogP contribution in [0, 0.1) is 27.7 Å². The molecule has 0 atom stereocenters. The second-order valence-electron chi connectivity index (χ2n) is 4.59. The minimum absolute atomic E-state index is 0.211. The zero-order chi connectivity index (χ0) is 15.2. The Hall–Kier alpha value is -1.66. The maximum atomic E-state index is 11.4. The highest BCUT2D eigenvalue weighted by Gasteiger charge is 2.27. The van der Waals surface area contributed by atoms with Crippen molar-refractivity contribution in [1.82, 2.24) is 0 Å². The van der Waals surface area contributed by atoms with Gasteiger partial charge in [0.15, 0.2) is 0 Å². The molecule has 0 unspecified atom stereocenters. The maximum Gasteiger partial charge on any atom is 0.346 e. The highest BCUT2D eigenvalue weighted by Crippen LogP contribution is 2.43. The van der Waals surface area contributed by atoms with Crippen LogP contribution in [0.25, 0.3) is 11.1 Å². The van der Waals surface area contributed by atoms with Crippen LogP contribution in [0.15, 0.2) is 0 Å². The third-order valence-electron chi connectivity index (χ3n) is 3.41. The summed E-state index contributed by atoms with van der Waals surface area (Å²) in [5, 5.41) is 18.7. The van der Waals surface area contributed by atoms with Gasteiger partial charge in [0.1, 0.15) is 9.75 Å². The van der Waals surface area contributed by atoms with E-state index < -0.39 is 11.9 Å². The molecule has 2 N–H and O–H groups in total. The third-order valence-corrected chi connectivity index (χ3v) is 5.80. The average Bonchev–Trinajstić information content (AvgIpc) is 2.80. The van der Waals surface area contributed by atoms with E-state index in [9.17, 15) is 19.8 Å². The van der Waals surface area contributed by atoms with Crippen molar-refractivity contribution >= 4 is 34.6 Å². The van der Waals surface area contributed by atoms with Gasteiger partial charge in [-0.15, -0.1) is 22.7 Å². The number of aryl methyl sites for hydroxylation is 2. The molecule has 2 rings (SSSR count). The lowest BCUT2D eigenvalue weighted by atomic mass is 9.97. The molecule has 0 fully saturated rings. The van der Waals surface area contributed by atoms with Crippen LogP contribution in [-0.2, 0) is 0 Å². The predicted molar refractivity (Wildman–Crippen MR) is 80.5 cm³/mol. The standard InChI is InChI=1S/C14H14O4S2/c1-5-7(3)19-11(13(15)16)9(5)10-6(2)8(4)20-12(10)14(17)18/h1-4H3,(H,15,16)(H,17,18). The van der Waals surface area contributed by atoms with E-state index in [1.54, 1.807) is 0 Å². The summed E-state index contributed by atoms with van der Waals surface area (Å²) in [5.41, 5.74) is 2.80. The third kappa shape index (κ3) is 2.14. The fourth-order valence-corrected chi connectivity index (χ4v) is 4.17. The molecule has 0 aliphatic rings. The molecule has 0 amide bonds. The number of carboxylic acids is 2. The molecule has 6 heteroatoms. The van der Waals surface area contributed by atoms with Crippen LogP contribution in [0.5, 0.6) is 0 Å². The molecule has 0 aliphatic carbocycles. The van der Waals surface area contributed by atoms with E-state index in [0.29, 0.717) is 11.1 Å². The molecule has 2 heterocycles. The molecule has 0 aromatic carbocycles. The van der Waals surface area contributed by atoms with Gasteiger partial charge in [0.25, 0.3) is 0 Å². The van der Waals surface area contributed by atoms with Crippen LogP contribution in [0.2, 0.25) is 0 Å². The number of rotatable bonds is 3. The molecule has 0 bridgehead atoms. The Morgan fingerprint density at radius 1 is 0.750 bits per heavy atom. The van der Waals surface area contributed by atoms with Gasteiger partial charge in [-0.25, -0.2) is 9.59 Å². The van der Waals surface area contributed by atoms with Crippen molar-refractivity contribution in [2.45, 2.75) is 27.7 Å². The number of hydrogen-bond acceptors (Lipinski definition) is 4. The summed E-state index contributed by atoms with van der Waals surface area (Å²) in [7, 11) is 0. The summed E-state index contributed by atoms with van der Waals surface area (Å²) in [6, 6.07) is 0. The Balaban J connectivity index is 2.88. The van der Waals surface area contributed by atoms with Crippen molar-refractivity contribution < 1.29 is 19.8 Å². The zero-order valence-corrected chi connectivity index (χ0v) is 13.2. The first-order chi connectivity index (χ1) is 9.25. The first kappa shape index (κ1) is 14.7. The second kappa shape index (κ2) is 5.03. The minimum atomic E-state index is -1.01. The lowest BCUT2D eigenvalue weighted by molar-refractivity contribution is 0.0689. The van der Waals surface area contributed by atoms with Crippen molar-refractivity contribution in [2.75, 3.05) is 0 Å². The molecule has 4 nitrogen and oxygen atoms in total. The molecule has 0 spiro atoms. The Kier molecular flexibility index (Phi) is 3.71. The summed E-state index contributed by atoms with van der Waals surface area (Å²) in [6.07, 6.45) is 0. The number of thiophene rings is 2. The molecule has 2 aromatic heterocycles. The maximum absolute atomic E-state index is 11.4. The SMILES string of the molecule is Cc1sc(C(=O)O)c(-c2c(C(=O)O)sc(C)c2C)c1C. The number of hydrogen-bond donors (Lipinski definition) is 2. The Morgan fingerprint density at radius 3 is 1.30 bits per heavy atom. The summed E-state index contributed by atoms with van der Waals surface area (Å²) in [4.78, 5) is 25.1. The lowest BCUT2D eigenvalue weighted by Crippen LogP contribution is -2.00. The van der Waals surface area contributed by atoms with Gasteiger partial charge in [-0.05, 0) is 38.8 Å². The summed E-state index contributed by atoms with van der Waals surface area (Å²) in [6.45, 7) is 7.38. The van der Waals surface area contributed by atoms with Crippen molar-refractivity contribution in [1.29, 1.82) is 0 Å². The summed E-state index contributed by atoms with van der Waals surface area (Å²) < 4.78 is 0. The molecule has 106 valence electrons. The van der Waals surface area contributed by atoms with Gasteiger partial charge in [-0.1, -0.05) is 0 Å². The van der Waals surface area contributed by atoms with Gasteiger partial charge in [-0.3, -0.25) is 0 Å². The van der Waals surface area contributed by atoms with Crippen LogP contribution in [0.4, 0.5) is 0 Å². The van der Waals surface area contributed by atoms with Gasteiger partial charge in [0.05, 0.1) is 0 Å². The van der Waals surface area contributed by atoms with Crippen molar-refractivity contribution in [3.8, 4) is 11.1 Å². The molecule has 2 aromatic rings. The van der Waals surface area contributed by atoms with Gasteiger partial charge < -0.3 is 10.2 Å². The Morgan fingerprint density at radius 2 is 1.05 bits per heavy atom. The highest BCUT2D eigenvalue weighted by molar-refractivity contribution is 7.15. The van der Waals surface area contributed by atoms with Crippen molar-refractivity contribution in [2.24, 2.45) is 0 Å². The molecular formula is C14H14O4S2. The smallest absolute Gasteiger partial charge is 0.346 e. The van der Waals surface area contributed by atoms with Crippen molar-refractivity contribution in [3.05, 3.63) is 30.6 Å². The molecule has 20 heavy (non-hydrogen) atoms. The normalized spacial score (nSPS) is 10.8. The first-order valence-corrected chi connectivity index (χ1v) is 7.55. The summed E-state index contributed by atoms with van der Waals surface area (Å²) >= 11 is 2.39. The zero-order valence-electron chi connectivity index (χ0n) is 11.5. The van der Waals surface area contributed by atoms with E-state index >= 15 is 0 Å². The molecule has 0 aliphatic heterocycles. The van der Waals surface area contributed by atoms with E-state index in [-0.39, 0.29) is 9.75 Å². The van der Waals surface area contributed by atoms with Crippen LogP contribution in [-0.4, -0.2) is 22.2 Å². The van der Waals surface area contributed by atoms with E-state index in [0.717, 1.165) is 20.9 Å². The van der Waals surface area contributed by atoms with E-state index in [2.05, 4.69) is 0 Å². The van der Waals surface area contributed by atoms with E-state index in [1.165, 1.54) is 22.7 Å². The Labute approximate surface area is 124 Å². The molecular weight excluding hydrogens is 296 g/mol. The van der Waals surface area contributed by atoms with E-state index in [1.807, 2.05) is 27.7 Å². The number of carbonyl (C=O) groups is 2. The van der Waals surface area contributed by atoms with Gasteiger partial charge in [-0.2, -0.15) is 0 Å². The summed E-state index contributed by atoms with van der Waals surface area (Å²) in [5.74, 6) is -2.03. The molecule has 0 saturated heterocycles. The van der Waals surface area contributed by atoms with Crippen LogP contribution in [0.1, 0.15) is 40.2 Å². The van der Waals surface area contributed by atoms with Gasteiger partial charge in [0.2, 0.25) is 0 Å². The predicted octanol–water partition coefficient (Wildman–Crippen LogP) is 4.11. The molecule has 0 saturated carbocycles. The largest absolute Gasteiger partial charge is 0.477 e. The highest BCUT2D eigenvalue weighted by atomic mass is 32.1. The number of aromatic carboxylic acids is 2. The second-order valence-corrected chi connectivity index (χ2v) is 7.03.